The van der Waals surface area contributed by atoms with Crippen LogP contribution in [-0.2, 0) is 4.84 Å². The molecule has 0 aliphatic heterocycles. The molecule has 2 atom stereocenters. The van der Waals surface area contributed by atoms with Crippen LogP contribution in [-0.4, -0.2) is 11.6 Å². The van der Waals surface area contributed by atoms with Gasteiger partial charge in [0.25, 0.3) is 0 Å². The minimum atomic E-state index is -0.623. The fourth-order valence-electron chi connectivity index (χ4n) is 2.57. The average Bonchev–Trinajstić information content (AvgIpc) is 2.44. The molecule has 3 rings (SSSR count). The number of Topliss-reactive ketones (excluding diaryl/α,β-unsaturated/α-hetero) is 2. The molecule has 2 aliphatic rings. The van der Waals surface area contributed by atoms with E-state index in [4.69, 9.17) is 10.7 Å². The second-order valence-electron chi connectivity index (χ2n) is 4.35. The third-order valence-corrected chi connectivity index (χ3v) is 3.42. The van der Waals surface area contributed by atoms with E-state index in [1.807, 2.05) is 0 Å². The standard InChI is InChI=1S/C14H11NO3/c15-18-11-7-3-6-10-12(11)14(17)9-5-2-1-4-8(9)13(10)16/h1-7,10,12H,15H2. The zero-order valence-corrected chi connectivity index (χ0v) is 9.50. The average molecular weight is 241 g/mol. The molecule has 0 amide bonds. The van der Waals surface area contributed by atoms with Gasteiger partial charge in [0.15, 0.2) is 11.6 Å². The maximum atomic E-state index is 12.4. The van der Waals surface area contributed by atoms with Gasteiger partial charge in [0.1, 0.15) is 5.76 Å². The predicted molar refractivity (Wildman–Crippen MR) is 64.6 cm³/mol. The van der Waals surface area contributed by atoms with Gasteiger partial charge in [-0.1, -0.05) is 36.4 Å². The van der Waals surface area contributed by atoms with Crippen LogP contribution in [0, 0.1) is 11.8 Å². The molecule has 0 aromatic heterocycles. The summed E-state index contributed by atoms with van der Waals surface area (Å²) in [5.41, 5.74) is 0.925. The largest absolute Gasteiger partial charge is 0.415 e. The molecule has 2 aliphatic carbocycles. The van der Waals surface area contributed by atoms with E-state index < -0.39 is 11.8 Å². The van der Waals surface area contributed by atoms with Crippen LogP contribution in [0.3, 0.4) is 0 Å². The zero-order valence-electron chi connectivity index (χ0n) is 9.50. The molecule has 0 radical (unpaired) electrons. The SMILES string of the molecule is NOC1=CC=CC2C(=O)c3ccccc3C(=O)C12. The van der Waals surface area contributed by atoms with Crippen LogP contribution in [0.5, 0.6) is 0 Å². The fourth-order valence-corrected chi connectivity index (χ4v) is 2.57. The quantitative estimate of drug-likeness (QED) is 0.759. The van der Waals surface area contributed by atoms with Gasteiger partial charge in [0.2, 0.25) is 0 Å². The maximum Gasteiger partial charge on any atom is 0.175 e. The Bertz CT molecular complexity index is 601. The lowest BCUT2D eigenvalue weighted by molar-refractivity contribution is 0.0714. The van der Waals surface area contributed by atoms with Gasteiger partial charge in [0.05, 0.1) is 11.8 Å². The van der Waals surface area contributed by atoms with Crippen LogP contribution in [0.4, 0.5) is 0 Å². The Morgan fingerprint density at radius 2 is 1.72 bits per heavy atom. The number of carbonyl (C=O) groups is 2. The van der Waals surface area contributed by atoms with E-state index in [0.717, 1.165) is 0 Å². The predicted octanol–water partition coefficient (Wildman–Crippen LogP) is 1.64. The van der Waals surface area contributed by atoms with E-state index in [0.29, 0.717) is 16.9 Å². The van der Waals surface area contributed by atoms with Crippen molar-refractivity contribution >= 4 is 11.6 Å². The number of ketones is 2. The molecule has 0 bridgehead atoms. The van der Waals surface area contributed by atoms with Crippen molar-refractivity contribution in [3.8, 4) is 0 Å². The molecule has 18 heavy (non-hydrogen) atoms. The van der Waals surface area contributed by atoms with Gasteiger partial charge in [-0.2, -0.15) is 5.90 Å². The Balaban J connectivity index is 2.18. The highest BCUT2D eigenvalue weighted by atomic mass is 16.6. The number of benzene rings is 1. The van der Waals surface area contributed by atoms with Crippen LogP contribution in [0.15, 0.2) is 48.3 Å². The summed E-state index contributed by atoms with van der Waals surface area (Å²) < 4.78 is 0. The van der Waals surface area contributed by atoms with Crippen molar-refractivity contribution in [3.63, 3.8) is 0 Å². The lowest BCUT2D eigenvalue weighted by atomic mass is 9.71. The molecular formula is C14H11NO3. The van der Waals surface area contributed by atoms with E-state index in [1.165, 1.54) is 0 Å². The highest BCUT2D eigenvalue weighted by molar-refractivity contribution is 6.17. The normalized spacial score (nSPS) is 25.3. The van der Waals surface area contributed by atoms with Gasteiger partial charge in [0, 0.05) is 11.1 Å². The Morgan fingerprint density at radius 1 is 1.06 bits per heavy atom. The van der Waals surface area contributed by atoms with Gasteiger partial charge in [-0.05, 0) is 6.08 Å². The molecule has 1 aromatic carbocycles. The third kappa shape index (κ3) is 1.36. The van der Waals surface area contributed by atoms with Crippen molar-refractivity contribution in [2.45, 2.75) is 0 Å². The summed E-state index contributed by atoms with van der Waals surface area (Å²) in [6.07, 6.45) is 5.05. The number of hydrogen-bond donors (Lipinski definition) is 1. The van der Waals surface area contributed by atoms with Crippen molar-refractivity contribution in [3.05, 3.63) is 59.4 Å². The highest BCUT2D eigenvalue weighted by Gasteiger charge is 2.43. The Morgan fingerprint density at radius 3 is 2.39 bits per heavy atom. The summed E-state index contributed by atoms with van der Waals surface area (Å²) in [6.45, 7) is 0. The number of fused-ring (bicyclic) bond motifs is 2. The molecule has 4 heteroatoms. The van der Waals surface area contributed by atoms with Gasteiger partial charge in [-0.25, -0.2) is 0 Å². The Kier molecular flexibility index (Phi) is 2.38. The molecule has 0 saturated carbocycles. The fraction of sp³-hybridized carbons (Fsp3) is 0.143. The molecule has 0 spiro atoms. The smallest absolute Gasteiger partial charge is 0.175 e. The lowest BCUT2D eigenvalue weighted by Crippen LogP contribution is -2.38. The van der Waals surface area contributed by atoms with Gasteiger partial charge in [-0.3, -0.25) is 9.59 Å². The summed E-state index contributed by atoms with van der Waals surface area (Å²) in [6, 6.07) is 6.85. The van der Waals surface area contributed by atoms with Crippen molar-refractivity contribution in [2.24, 2.45) is 17.7 Å². The van der Waals surface area contributed by atoms with Crippen molar-refractivity contribution in [2.75, 3.05) is 0 Å². The van der Waals surface area contributed by atoms with Crippen LogP contribution in [0.2, 0.25) is 0 Å². The molecular weight excluding hydrogens is 230 g/mol. The van der Waals surface area contributed by atoms with Crippen LogP contribution >= 0.6 is 0 Å². The molecule has 1 aromatic rings. The first-order valence-corrected chi connectivity index (χ1v) is 5.66. The monoisotopic (exact) mass is 241 g/mol. The minimum absolute atomic E-state index is 0.0610. The highest BCUT2D eigenvalue weighted by Crippen LogP contribution is 2.37. The van der Waals surface area contributed by atoms with E-state index in [-0.39, 0.29) is 11.6 Å². The molecule has 2 unspecified atom stereocenters. The topological polar surface area (TPSA) is 69.4 Å². The maximum absolute atomic E-state index is 12.4. The van der Waals surface area contributed by atoms with Gasteiger partial charge < -0.3 is 4.84 Å². The lowest BCUT2D eigenvalue weighted by Gasteiger charge is -2.30. The van der Waals surface area contributed by atoms with Crippen LogP contribution in [0.25, 0.3) is 0 Å². The number of allylic oxidation sites excluding steroid dienone is 4. The summed E-state index contributed by atoms with van der Waals surface area (Å²) in [5.74, 6) is 4.21. The van der Waals surface area contributed by atoms with E-state index >= 15 is 0 Å². The van der Waals surface area contributed by atoms with Gasteiger partial charge in [-0.15, -0.1) is 0 Å². The Hall–Kier alpha value is -2.20. The molecule has 2 N–H and O–H groups in total. The summed E-state index contributed by atoms with van der Waals surface area (Å²) in [7, 11) is 0. The second kappa shape index (κ2) is 3.92. The number of carbonyl (C=O) groups excluding carboxylic acids is 2. The van der Waals surface area contributed by atoms with E-state index in [9.17, 15) is 9.59 Å². The molecule has 4 nitrogen and oxygen atoms in total. The first-order chi connectivity index (χ1) is 8.74. The summed E-state index contributed by atoms with van der Waals surface area (Å²) in [4.78, 5) is 29.5. The first kappa shape index (κ1) is 10.9. The third-order valence-electron chi connectivity index (χ3n) is 3.42. The molecule has 0 saturated heterocycles. The van der Waals surface area contributed by atoms with Crippen LogP contribution < -0.4 is 5.90 Å². The second-order valence-corrected chi connectivity index (χ2v) is 4.35. The van der Waals surface area contributed by atoms with E-state index in [1.54, 1.807) is 42.5 Å². The van der Waals surface area contributed by atoms with E-state index in [2.05, 4.69) is 0 Å². The summed E-state index contributed by atoms with van der Waals surface area (Å²) in [5, 5.41) is 0. The zero-order chi connectivity index (χ0) is 12.7. The van der Waals surface area contributed by atoms with Crippen molar-refractivity contribution < 1.29 is 14.4 Å². The minimum Gasteiger partial charge on any atom is -0.415 e. The van der Waals surface area contributed by atoms with Crippen molar-refractivity contribution in [1.82, 2.24) is 0 Å². The molecule has 90 valence electrons. The first-order valence-electron chi connectivity index (χ1n) is 5.66. The number of hydrogen-bond acceptors (Lipinski definition) is 4. The number of rotatable bonds is 1. The van der Waals surface area contributed by atoms with Crippen LogP contribution in [0.1, 0.15) is 20.7 Å². The number of nitrogens with two attached hydrogens (primary N) is 1. The Labute approximate surface area is 104 Å². The van der Waals surface area contributed by atoms with Crippen molar-refractivity contribution in [1.29, 1.82) is 0 Å². The molecule has 0 fully saturated rings. The molecule has 0 heterocycles. The van der Waals surface area contributed by atoms with Gasteiger partial charge >= 0.3 is 0 Å². The summed E-state index contributed by atoms with van der Waals surface area (Å²) >= 11 is 0.